The molecule has 0 aromatic rings. The highest BCUT2D eigenvalue weighted by molar-refractivity contribution is 6.47. The van der Waals surface area contributed by atoms with E-state index in [1.54, 1.807) is 0 Å². The molecule has 0 saturated carbocycles. The van der Waals surface area contributed by atoms with E-state index in [9.17, 15) is 26.3 Å². The van der Waals surface area contributed by atoms with Gasteiger partial charge in [0, 0.05) is 0 Å². The first-order valence-electron chi connectivity index (χ1n) is 3.53. The third-order valence-electron chi connectivity index (χ3n) is 0.772. The molecule has 0 aliphatic heterocycles. The van der Waals surface area contributed by atoms with Gasteiger partial charge in [0.2, 0.25) is 6.43 Å². The Morgan fingerprint density at radius 3 is 1.25 bits per heavy atom. The van der Waals surface area contributed by atoms with Crippen LogP contribution in [-0.4, -0.2) is 22.0 Å². The normalized spacial score (nSPS) is 14.4. The number of alkyl halides is 10. The topological polar surface area (TPSA) is 0 Å². The molecule has 0 spiro atoms. The molecule has 1 atom stereocenters. The number of hydrogen-bond donors (Lipinski definition) is 0. The molecule has 0 aromatic carbocycles. The highest BCUT2D eigenvalue weighted by Gasteiger charge is 2.28. The zero-order valence-electron chi connectivity index (χ0n) is 7.35. The van der Waals surface area contributed by atoms with Gasteiger partial charge in [0.1, 0.15) is 0 Å². The number of hydrogen-bond acceptors (Lipinski definition) is 0. The van der Waals surface area contributed by atoms with Crippen molar-refractivity contribution in [1.82, 2.24) is 0 Å². The van der Waals surface area contributed by atoms with Gasteiger partial charge in [-0.25, -0.2) is 17.6 Å². The number of halogens is 10. The van der Waals surface area contributed by atoms with Crippen LogP contribution in [0.2, 0.25) is 0 Å². The van der Waals surface area contributed by atoms with E-state index in [-0.39, 0.29) is 0 Å². The first kappa shape index (κ1) is 19.1. The lowest BCUT2D eigenvalue weighted by Gasteiger charge is -2.05. The lowest BCUT2D eigenvalue weighted by Crippen LogP contribution is -2.09. The summed E-state index contributed by atoms with van der Waals surface area (Å²) in [6, 6.07) is 0. The second-order valence-electron chi connectivity index (χ2n) is 2.42. The molecule has 0 radical (unpaired) electrons. The van der Waals surface area contributed by atoms with Crippen molar-refractivity contribution in [2.75, 3.05) is 0 Å². The lowest BCUT2D eigenvalue weighted by molar-refractivity contribution is 0.0712. The van der Waals surface area contributed by atoms with Crippen LogP contribution in [0.5, 0.6) is 0 Å². The minimum atomic E-state index is -3.51. The maximum Gasteiger partial charge on any atom is 0.325 e. The van der Waals surface area contributed by atoms with Gasteiger partial charge in [-0.05, 0) is 11.6 Å². The van der Waals surface area contributed by atoms with Crippen molar-refractivity contribution in [3.63, 3.8) is 0 Å². The summed E-state index contributed by atoms with van der Waals surface area (Å²) in [7, 11) is 0. The molecule has 0 nitrogen and oxygen atoms in total. The monoisotopic (exact) mass is 332 g/mol. The van der Waals surface area contributed by atoms with Crippen LogP contribution in [0.25, 0.3) is 0 Å². The largest absolute Gasteiger partial charge is 0.325 e. The summed E-state index contributed by atoms with van der Waals surface area (Å²) in [6.45, 7) is 0. The fraction of sp³-hybridized carbons (Fsp3) is 1.00. The summed E-state index contributed by atoms with van der Waals surface area (Å²) >= 11 is 17.9. The van der Waals surface area contributed by atoms with Gasteiger partial charge in [-0.3, -0.25) is 0 Å². The fourth-order valence-corrected chi connectivity index (χ4v) is 0.991. The molecule has 0 fully saturated rings. The summed E-state index contributed by atoms with van der Waals surface area (Å²) in [5, 5.41) is -3.51. The summed E-state index contributed by atoms with van der Waals surface area (Å²) in [5.74, 6) is 0. The van der Waals surface area contributed by atoms with Crippen LogP contribution >= 0.6 is 46.4 Å². The van der Waals surface area contributed by atoms with Crippen LogP contribution in [-0.2, 0) is 0 Å². The van der Waals surface area contributed by atoms with Gasteiger partial charge >= 0.3 is 5.38 Å². The molecule has 100 valence electrons. The Bertz CT molecular complexity index is 155. The van der Waals surface area contributed by atoms with Crippen LogP contribution in [0.15, 0.2) is 0 Å². The average Bonchev–Trinajstić information content (AvgIpc) is 1.72. The predicted octanol–water partition coefficient (Wildman–Crippen LogP) is 5.49. The molecular weight excluding hydrogens is 328 g/mol. The maximum absolute atomic E-state index is 11.7. The third-order valence-corrected chi connectivity index (χ3v) is 1.39. The van der Waals surface area contributed by atoms with E-state index in [1.165, 1.54) is 0 Å². The maximum atomic E-state index is 11.7. The van der Waals surface area contributed by atoms with Crippen LogP contribution in [0.3, 0.4) is 0 Å². The predicted molar refractivity (Wildman–Crippen MR) is 52.3 cm³/mol. The number of rotatable bonds is 4. The van der Waals surface area contributed by atoms with Crippen molar-refractivity contribution in [3.05, 3.63) is 0 Å². The van der Waals surface area contributed by atoms with E-state index in [4.69, 9.17) is 0 Å². The lowest BCUT2D eigenvalue weighted by atomic mass is 10.5. The molecule has 0 heterocycles. The zero-order chi connectivity index (χ0) is 13.6. The Labute approximate surface area is 108 Å². The summed E-state index contributed by atoms with van der Waals surface area (Å²) in [6.07, 6.45) is -5.08. The smallest absolute Gasteiger partial charge is 0.230 e. The van der Waals surface area contributed by atoms with E-state index in [2.05, 4.69) is 46.4 Å². The van der Waals surface area contributed by atoms with Crippen LogP contribution in [0.1, 0.15) is 12.8 Å². The molecule has 0 rings (SSSR count). The van der Waals surface area contributed by atoms with E-state index in [0.29, 0.717) is 0 Å². The van der Waals surface area contributed by atoms with E-state index in [1.807, 2.05) is 0 Å². The second-order valence-corrected chi connectivity index (χ2v) is 4.84. The first-order valence-corrected chi connectivity index (χ1v) is 5.10. The summed E-state index contributed by atoms with van der Waals surface area (Å²) < 4.78 is 65.4. The average molecular weight is 334 g/mol. The van der Waals surface area contributed by atoms with Gasteiger partial charge in [0.25, 0.3) is 4.59 Å². The summed E-state index contributed by atoms with van der Waals surface area (Å²) in [4.78, 5) is 0. The minimum absolute atomic E-state index is 1.14. The first-order chi connectivity index (χ1) is 6.83. The Kier molecular flexibility index (Phi) is 9.48. The molecule has 0 aromatic heterocycles. The summed E-state index contributed by atoms with van der Waals surface area (Å²) in [5.41, 5.74) is -2.07. The van der Waals surface area contributed by atoms with Gasteiger partial charge in [-0.1, -0.05) is 34.8 Å². The Balaban J connectivity index is 0. The van der Waals surface area contributed by atoms with E-state index in [0.717, 1.165) is 0 Å². The van der Waals surface area contributed by atoms with Gasteiger partial charge in [0.15, 0.2) is 5.63 Å². The van der Waals surface area contributed by atoms with Crippen LogP contribution in [0, 0.1) is 0 Å². The molecular formula is C6H6Cl4F6. The second kappa shape index (κ2) is 7.95. The molecule has 0 saturated heterocycles. The van der Waals surface area contributed by atoms with Gasteiger partial charge in [-0.15, -0.1) is 0 Å². The Hall–Kier alpha value is 0.740. The highest BCUT2D eigenvalue weighted by Crippen LogP contribution is 2.29. The molecule has 10 heteroatoms. The molecule has 16 heavy (non-hydrogen) atoms. The fourth-order valence-electron chi connectivity index (χ4n) is 0.350. The van der Waals surface area contributed by atoms with Crippen molar-refractivity contribution in [2.45, 2.75) is 34.9 Å². The molecule has 0 N–H and O–H groups in total. The van der Waals surface area contributed by atoms with Gasteiger partial charge in [-0.2, -0.15) is 8.78 Å². The minimum Gasteiger partial charge on any atom is -0.230 e. The van der Waals surface area contributed by atoms with Crippen molar-refractivity contribution in [3.8, 4) is 0 Å². The molecule has 0 bridgehead atoms. The third kappa shape index (κ3) is 24.1. The highest BCUT2D eigenvalue weighted by atomic mass is 35.5. The van der Waals surface area contributed by atoms with Crippen LogP contribution < -0.4 is 0 Å². The molecule has 1 unspecified atom stereocenters. The quantitative estimate of drug-likeness (QED) is 0.471. The SMILES string of the molecule is FC(Cl)CC(F)(F)Cl.FC(F)CC(F)(Cl)Cl. The standard InChI is InChI=1S/2C3H3Cl2F3/c4-3(5,8)1-2(6)7;4-2(6)1-3(5,7)8/h2*2H,1H2. The van der Waals surface area contributed by atoms with Gasteiger partial charge in [0.05, 0.1) is 12.8 Å². The van der Waals surface area contributed by atoms with E-state index >= 15 is 0 Å². The van der Waals surface area contributed by atoms with Crippen molar-refractivity contribution >= 4 is 46.4 Å². The zero-order valence-corrected chi connectivity index (χ0v) is 10.4. The Morgan fingerprint density at radius 2 is 1.25 bits per heavy atom. The van der Waals surface area contributed by atoms with Gasteiger partial charge < -0.3 is 0 Å². The van der Waals surface area contributed by atoms with Crippen molar-refractivity contribution < 1.29 is 26.3 Å². The molecule has 0 amide bonds. The van der Waals surface area contributed by atoms with Crippen molar-refractivity contribution in [1.29, 1.82) is 0 Å². The molecule has 0 aliphatic carbocycles. The van der Waals surface area contributed by atoms with Crippen LogP contribution in [0.4, 0.5) is 26.3 Å². The Morgan fingerprint density at radius 1 is 0.875 bits per heavy atom. The van der Waals surface area contributed by atoms with E-state index < -0.39 is 34.9 Å². The molecule has 0 aliphatic rings. The van der Waals surface area contributed by atoms with Crippen molar-refractivity contribution in [2.24, 2.45) is 0 Å².